The van der Waals surface area contributed by atoms with Gasteiger partial charge in [-0.1, -0.05) is 59.8 Å². The van der Waals surface area contributed by atoms with Gasteiger partial charge in [0.25, 0.3) is 11.7 Å². The quantitative estimate of drug-likeness (QED) is 0.200. The molecule has 0 aliphatic carbocycles. The molecule has 2 aromatic rings. The molecule has 4 aliphatic heterocycles. The molecule has 0 radical (unpaired) electrons. The Balaban J connectivity index is 1.58. The van der Waals surface area contributed by atoms with Crippen molar-refractivity contribution in [2.45, 2.75) is 106 Å². The highest BCUT2D eigenvalue weighted by molar-refractivity contribution is 6.21. The summed E-state index contributed by atoms with van der Waals surface area (Å²) in [7, 11) is 3.06. The Morgan fingerprint density at radius 1 is 0.984 bits per heavy atom. The Morgan fingerprint density at radius 2 is 1.66 bits per heavy atom. The van der Waals surface area contributed by atoms with Crippen molar-refractivity contribution in [1.29, 1.82) is 0 Å². The number of allylic oxidation sites excluding steroid dienone is 2. The number of esters is 1. The first-order valence-electron chi connectivity index (χ1n) is 22.5. The largest absolute Gasteiger partial charge is 0.505 e. The number of rotatable bonds is 7. The SMILES string of the molecule is COc1c(C)c2c3c4c5c(c(c(O)c14)=NC(=O)/C(C)=C\C=C\[C@H](C)[C@H](OC)[C@@H](C)[C@@H](CO)[C@@H](C)[C@H](OC(C)=O)[C@H](C)[C@@H](CO)/C=C/O[C@@](C)(O2)C3=O)=NC1(CCN(CC(C)C)CC1)N5. The van der Waals surface area contributed by atoms with Crippen LogP contribution in [-0.2, 0) is 23.8 Å². The number of aromatic hydroxyl groups is 1. The molecule has 0 aromatic heterocycles. The van der Waals surface area contributed by atoms with Crippen LogP contribution in [0.5, 0.6) is 17.2 Å². The molecule has 2 aromatic carbocycles. The van der Waals surface area contributed by atoms with Crippen LogP contribution < -0.4 is 25.5 Å². The lowest BCUT2D eigenvalue weighted by Crippen LogP contribution is -2.47. The minimum Gasteiger partial charge on any atom is -0.505 e. The smallest absolute Gasteiger partial charge is 0.312 e. The van der Waals surface area contributed by atoms with Crippen molar-refractivity contribution in [2.24, 2.45) is 51.4 Å². The lowest BCUT2D eigenvalue weighted by molar-refractivity contribution is -0.157. The lowest BCUT2D eigenvalue weighted by atomic mass is 9.72. The van der Waals surface area contributed by atoms with Crippen LogP contribution in [0.15, 0.2) is 46.1 Å². The van der Waals surface area contributed by atoms with Gasteiger partial charge in [-0.25, -0.2) is 4.99 Å². The highest BCUT2D eigenvalue weighted by Crippen LogP contribution is 2.52. The Hall–Kier alpha value is -4.83. The van der Waals surface area contributed by atoms with E-state index in [9.17, 15) is 29.7 Å². The topological polar surface area (TPSA) is 198 Å². The van der Waals surface area contributed by atoms with Gasteiger partial charge >= 0.3 is 11.8 Å². The van der Waals surface area contributed by atoms with Crippen molar-refractivity contribution < 1.29 is 53.4 Å². The minimum atomic E-state index is -1.90. The summed E-state index contributed by atoms with van der Waals surface area (Å²) in [6.45, 7) is 20.1. The number of Topliss-reactive ketones (excluding diaryl/α,β-unsaturated/α-hetero) is 1. The molecule has 15 nitrogen and oxygen atoms in total. The van der Waals surface area contributed by atoms with Crippen LogP contribution in [0.25, 0.3) is 10.8 Å². The van der Waals surface area contributed by atoms with Crippen LogP contribution in [0.1, 0.15) is 91.1 Å². The minimum absolute atomic E-state index is 0.0411. The van der Waals surface area contributed by atoms with Crippen molar-refractivity contribution in [3.8, 4) is 17.2 Å². The molecule has 9 atom stereocenters. The predicted molar refractivity (Wildman–Crippen MR) is 242 cm³/mol. The lowest BCUT2D eigenvalue weighted by Gasteiger charge is -2.40. The van der Waals surface area contributed by atoms with Gasteiger partial charge in [0, 0.05) is 101 Å². The number of phenolic OH excluding ortho intramolecular Hbond substituents is 1. The van der Waals surface area contributed by atoms with Gasteiger partial charge in [0.2, 0.25) is 0 Å². The van der Waals surface area contributed by atoms with E-state index < -0.39 is 65.0 Å². The standard InChI is InChI=1S/C49H68N4O11/c1-25(2)22-53-19-17-49(18-20-53)51-38-35-36-41(57)40(39(38)52-49)50-47(59)27(4)15-13-14-26(3)42(60-11)29(6)34(24-55)30(7)43(63-32(9)56)28(5)33(23-54)16-21-62-48(10)46(58)37(35)45(64-48)31(8)44(36)61-12/h13-16,21,25-26,28-30,33-34,42-43,51,54-55,57H,17-20,22-24H2,1-12H3/b14-13+,21-16+,27-15-,50-40?/t26-,28+,29-,30+,33+,34+,42-,43+,48-/m0/s1. The molecule has 1 spiro atoms. The zero-order valence-electron chi connectivity index (χ0n) is 39.5. The number of carbonyl (C=O) groups is 3. The second kappa shape index (κ2) is 19.3. The van der Waals surface area contributed by atoms with E-state index in [1.165, 1.54) is 27.2 Å². The average Bonchev–Trinajstić information content (AvgIpc) is 3.74. The number of ether oxygens (including phenoxy) is 5. The van der Waals surface area contributed by atoms with E-state index in [1.807, 2.05) is 33.8 Å². The number of aliphatic hydroxyl groups is 2. The number of fused-ring (bicyclic) bond motifs is 1. The van der Waals surface area contributed by atoms with Crippen molar-refractivity contribution in [1.82, 2.24) is 4.90 Å². The number of carbonyl (C=O) groups excluding carboxylic acids is 3. The molecule has 1 amide bonds. The number of hydrogen-bond donors (Lipinski definition) is 4. The molecule has 1 fully saturated rings. The molecule has 4 bridgehead atoms. The Bertz CT molecular complexity index is 2350. The molecule has 64 heavy (non-hydrogen) atoms. The van der Waals surface area contributed by atoms with Crippen LogP contribution in [0.3, 0.4) is 0 Å². The number of methoxy groups -OCH3 is 2. The van der Waals surface area contributed by atoms with E-state index in [4.69, 9.17) is 28.7 Å². The number of benzene rings is 2. The number of amides is 1. The summed E-state index contributed by atoms with van der Waals surface area (Å²) in [4.78, 5) is 53.7. The number of anilines is 1. The Morgan fingerprint density at radius 3 is 2.25 bits per heavy atom. The molecule has 4 heterocycles. The van der Waals surface area contributed by atoms with Gasteiger partial charge in [-0.05, 0) is 43.6 Å². The third-order valence-corrected chi connectivity index (χ3v) is 14.0. The molecule has 350 valence electrons. The third-order valence-electron chi connectivity index (χ3n) is 14.0. The maximum absolute atomic E-state index is 14.9. The fourth-order valence-corrected chi connectivity index (χ4v) is 10.3. The highest BCUT2D eigenvalue weighted by Gasteiger charge is 2.51. The second-order valence-corrected chi connectivity index (χ2v) is 18.9. The summed E-state index contributed by atoms with van der Waals surface area (Å²) in [5.74, 6) is -5.37. The molecule has 1 saturated heterocycles. The number of piperidine rings is 1. The first-order chi connectivity index (χ1) is 30.3. The number of nitrogens with one attached hydrogen (secondary N) is 1. The number of hydrogen-bond acceptors (Lipinski definition) is 14. The second-order valence-electron chi connectivity index (χ2n) is 18.9. The van der Waals surface area contributed by atoms with Crippen molar-refractivity contribution in [3.63, 3.8) is 0 Å². The molecule has 4 N–H and O–H groups in total. The number of phenols is 1. The maximum atomic E-state index is 14.9. The van der Waals surface area contributed by atoms with Crippen LogP contribution in [0.2, 0.25) is 0 Å². The predicted octanol–water partition coefficient (Wildman–Crippen LogP) is 5.55. The normalized spacial score (nSPS) is 31.6. The van der Waals surface area contributed by atoms with Gasteiger partial charge in [0.1, 0.15) is 34.0 Å². The van der Waals surface area contributed by atoms with E-state index in [0.29, 0.717) is 35.4 Å². The maximum Gasteiger partial charge on any atom is 0.312 e. The summed E-state index contributed by atoms with van der Waals surface area (Å²) < 4.78 is 30.6. The number of nitrogens with zero attached hydrogens (tertiary/aromatic N) is 3. The van der Waals surface area contributed by atoms with Crippen molar-refractivity contribution in [2.75, 3.05) is 52.4 Å². The van der Waals surface area contributed by atoms with Gasteiger partial charge in [-0.2, -0.15) is 0 Å². The summed E-state index contributed by atoms with van der Waals surface area (Å²) in [6, 6.07) is 0. The van der Waals surface area contributed by atoms with Crippen molar-refractivity contribution >= 4 is 34.1 Å². The molecule has 4 aliphatic rings. The Labute approximate surface area is 376 Å². The van der Waals surface area contributed by atoms with E-state index in [-0.39, 0.29) is 69.5 Å². The fraction of sp³-hybridized carbons (Fsp3) is 0.612. The van der Waals surface area contributed by atoms with Crippen LogP contribution in [0.4, 0.5) is 5.69 Å². The van der Waals surface area contributed by atoms with Gasteiger partial charge in [0.15, 0.2) is 5.75 Å². The third kappa shape index (κ3) is 9.05. The van der Waals surface area contributed by atoms with E-state index in [1.54, 1.807) is 39.2 Å². The van der Waals surface area contributed by atoms with Gasteiger partial charge in [0.05, 0.1) is 36.1 Å². The molecule has 6 rings (SSSR count). The zero-order valence-corrected chi connectivity index (χ0v) is 39.5. The number of ketones is 1. The molecule has 0 saturated carbocycles. The summed E-state index contributed by atoms with van der Waals surface area (Å²) in [5.41, 5.74) is 0.459. The zero-order chi connectivity index (χ0) is 47.0. The first-order valence-corrected chi connectivity index (χ1v) is 22.5. The summed E-state index contributed by atoms with van der Waals surface area (Å²) >= 11 is 0. The van der Waals surface area contributed by atoms with Crippen molar-refractivity contribution in [3.05, 3.63) is 58.0 Å². The molecular weight excluding hydrogens is 821 g/mol. The monoisotopic (exact) mass is 888 g/mol. The highest BCUT2D eigenvalue weighted by atomic mass is 16.7. The molecule has 15 heteroatoms. The van der Waals surface area contributed by atoms with E-state index >= 15 is 0 Å². The van der Waals surface area contributed by atoms with Gasteiger partial charge < -0.3 is 49.2 Å². The van der Waals surface area contributed by atoms with Crippen LogP contribution in [-0.4, -0.2) is 109 Å². The molecule has 0 unspecified atom stereocenters. The average molecular weight is 889 g/mol. The van der Waals surface area contributed by atoms with Crippen LogP contribution in [0, 0.1) is 48.3 Å². The van der Waals surface area contributed by atoms with Gasteiger partial charge in [-0.3, -0.25) is 19.4 Å². The number of aliphatic hydroxyl groups excluding tert-OH is 2. The van der Waals surface area contributed by atoms with Crippen LogP contribution >= 0.6 is 0 Å². The first kappa shape index (κ1) is 48.6. The van der Waals surface area contributed by atoms with E-state index in [0.717, 1.165) is 19.6 Å². The molecular formula is C49H68N4O11. The van der Waals surface area contributed by atoms with E-state index in [2.05, 4.69) is 29.1 Å². The Kier molecular flexibility index (Phi) is 14.7. The number of likely N-dealkylation sites (tertiary alicyclic amines) is 1. The van der Waals surface area contributed by atoms with Gasteiger partial charge in [-0.15, -0.1) is 0 Å². The fourth-order valence-electron chi connectivity index (χ4n) is 10.3. The summed E-state index contributed by atoms with van der Waals surface area (Å²) in [5, 5.41) is 38.3. The summed E-state index contributed by atoms with van der Waals surface area (Å²) in [6.07, 6.45) is 8.36.